The predicted octanol–water partition coefficient (Wildman–Crippen LogP) is 1.40. The molecule has 0 saturated carbocycles. The van der Waals surface area contributed by atoms with Crippen molar-refractivity contribution >= 4 is 5.91 Å². The van der Waals surface area contributed by atoms with E-state index in [1.165, 1.54) is 0 Å². The molecule has 0 bridgehead atoms. The third-order valence-electron chi connectivity index (χ3n) is 2.88. The number of hydrogen-bond acceptors (Lipinski definition) is 3. The Hall–Kier alpha value is -1.39. The van der Waals surface area contributed by atoms with Gasteiger partial charge >= 0.3 is 0 Å². The number of carbonyl (C=O) groups is 1. The molecule has 1 unspecified atom stereocenters. The van der Waals surface area contributed by atoms with Gasteiger partial charge in [-0.2, -0.15) is 0 Å². The summed E-state index contributed by atoms with van der Waals surface area (Å²) in [4.78, 5) is 11.8. The summed E-state index contributed by atoms with van der Waals surface area (Å²) in [5.74, 6) is -0.0805. The fourth-order valence-electron chi connectivity index (χ4n) is 1.79. The third-order valence-corrected chi connectivity index (χ3v) is 2.88. The second-order valence-corrected chi connectivity index (χ2v) is 6.01. The molecule has 106 valence electrons. The molecule has 0 aliphatic carbocycles. The van der Waals surface area contributed by atoms with E-state index in [0.717, 1.165) is 5.56 Å². The van der Waals surface area contributed by atoms with Gasteiger partial charge in [-0.05, 0) is 33.3 Å². The first-order valence-corrected chi connectivity index (χ1v) is 6.49. The van der Waals surface area contributed by atoms with Gasteiger partial charge in [-0.1, -0.05) is 30.3 Å². The minimum absolute atomic E-state index is 0.0696. The highest BCUT2D eigenvalue weighted by Gasteiger charge is 2.26. The molecule has 0 aromatic heterocycles. The number of carbonyl (C=O) groups excluding carboxylic acids is 1. The summed E-state index contributed by atoms with van der Waals surface area (Å²) in [5.41, 5.74) is 0.0958. The summed E-state index contributed by atoms with van der Waals surface area (Å²) in [6.45, 7) is 7.80. The first-order valence-electron chi connectivity index (χ1n) is 6.49. The van der Waals surface area contributed by atoms with Crippen LogP contribution in [0.5, 0.6) is 0 Å². The Bertz CT molecular complexity index is 412. The molecule has 0 spiro atoms. The first kappa shape index (κ1) is 15.7. The molecule has 1 aromatic rings. The summed E-state index contributed by atoms with van der Waals surface area (Å²) in [7, 11) is 0. The highest BCUT2D eigenvalue weighted by atomic mass is 16.3. The van der Waals surface area contributed by atoms with Crippen molar-refractivity contribution < 1.29 is 9.90 Å². The summed E-state index contributed by atoms with van der Waals surface area (Å²) in [6.07, 6.45) is 0. The molecule has 4 nitrogen and oxygen atoms in total. The molecule has 0 saturated heterocycles. The molecule has 0 fully saturated rings. The summed E-state index contributed by atoms with van der Waals surface area (Å²) < 4.78 is 0. The lowest BCUT2D eigenvalue weighted by molar-refractivity contribution is -0.122. The second kappa shape index (κ2) is 6.17. The molecule has 19 heavy (non-hydrogen) atoms. The molecule has 0 radical (unpaired) electrons. The molecule has 0 aliphatic heterocycles. The fourth-order valence-corrected chi connectivity index (χ4v) is 1.79. The van der Waals surface area contributed by atoms with Crippen LogP contribution < -0.4 is 10.6 Å². The molecule has 0 aliphatic rings. The maximum atomic E-state index is 11.8. The number of hydrogen-bond donors (Lipinski definition) is 3. The van der Waals surface area contributed by atoms with E-state index in [1.807, 2.05) is 58.0 Å². The van der Waals surface area contributed by atoms with Crippen LogP contribution in [0.15, 0.2) is 30.3 Å². The number of amides is 1. The van der Waals surface area contributed by atoms with Crippen LogP contribution >= 0.6 is 0 Å². The zero-order chi connectivity index (χ0) is 14.5. The Balaban J connectivity index is 2.65. The van der Waals surface area contributed by atoms with Gasteiger partial charge in [0.15, 0.2) is 0 Å². The SMILES string of the molecule is CC(C)(C)NC(=O)CNC(C)(CO)c1ccccc1. The van der Waals surface area contributed by atoms with Gasteiger partial charge in [0.25, 0.3) is 0 Å². The molecule has 1 aromatic carbocycles. The minimum atomic E-state index is -0.615. The zero-order valence-corrected chi connectivity index (χ0v) is 12.2. The average Bonchev–Trinajstić information content (AvgIpc) is 2.35. The van der Waals surface area contributed by atoms with Crippen molar-refractivity contribution in [3.63, 3.8) is 0 Å². The Kier molecular flexibility index (Phi) is 5.09. The highest BCUT2D eigenvalue weighted by molar-refractivity contribution is 5.78. The van der Waals surface area contributed by atoms with E-state index in [-0.39, 0.29) is 24.6 Å². The Morgan fingerprint density at radius 2 is 1.74 bits per heavy atom. The summed E-state index contributed by atoms with van der Waals surface area (Å²) in [5, 5.41) is 15.6. The lowest BCUT2D eigenvalue weighted by Crippen LogP contribution is -2.50. The standard InChI is InChI=1S/C15H24N2O2/c1-14(2,3)17-13(19)10-16-15(4,11-18)12-8-6-5-7-9-12/h5-9,16,18H,10-11H2,1-4H3,(H,17,19). The van der Waals surface area contributed by atoms with E-state index >= 15 is 0 Å². The number of benzene rings is 1. The predicted molar refractivity (Wildman–Crippen MR) is 76.8 cm³/mol. The normalized spacial score (nSPS) is 14.8. The van der Waals surface area contributed by atoms with E-state index in [1.54, 1.807) is 0 Å². The molecular formula is C15H24N2O2. The number of aliphatic hydroxyl groups excluding tert-OH is 1. The Morgan fingerprint density at radius 3 is 2.21 bits per heavy atom. The monoisotopic (exact) mass is 264 g/mol. The van der Waals surface area contributed by atoms with Crippen LogP contribution in [0.3, 0.4) is 0 Å². The number of aliphatic hydroxyl groups is 1. The molecule has 1 rings (SSSR count). The van der Waals surface area contributed by atoms with Gasteiger partial charge in [0.05, 0.1) is 18.7 Å². The first-order chi connectivity index (χ1) is 8.77. The van der Waals surface area contributed by atoms with Crippen LogP contribution in [0.1, 0.15) is 33.3 Å². The largest absolute Gasteiger partial charge is 0.394 e. The van der Waals surface area contributed by atoms with Crippen molar-refractivity contribution in [2.24, 2.45) is 0 Å². The topological polar surface area (TPSA) is 61.4 Å². The smallest absolute Gasteiger partial charge is 0.234 e. The van der Waals surface area contributed by atoms with Crippen molar-refractivity contribution in [3.8, 4) is 0 Å². The van der Waals surface area contributed by atoms with Crippen LogP contribution in [0, 0.1) is 0 Å². The van der Waals surface area contributed by atoms with Gasteiger partial charge in [0, 0.05) is 5.54 Å². The second-order valence-electron chi connectivity index (χ2n) is 6.01. The van der Waals surface area contributed by atoms with Crippen molar-refractivity contribution in [2.75, 3.05) is 13.2 Å². The van der Waals surface area contributed by atoms with Crippen LogP contribution in [0.25, 0.3) is 0 Å². The van der Waals surface area contributed by atoms with Gasteiger partial charge < -0.3 is 10.4 Å². The van der Waals surface area contributed by atoms with Crippen LogP contribution in [0.2, 0.25) is 0 Å². The van der Waals surface area contributed by atoms with E-state index in [2.05, 4.69) is 10.6 Å². The lowest BCUT2D eigenvalue weighted by atomic mass is 9.93. The van der Waals surface area contributed by atoms with E-state index in [9.17, 15) is 9.90 Å². The highest BCUT2D eigenvalue weighted by Crippen LogP contribution is 2.19. The molecular weight excluding hydrogens is 240 g/mol. The molecule has 3 N–H and O–H groups in total. The third kappa shape index (κ3) is 5.01. The van der Waals surface area contributed by atoms with Crippen molar-refractivity contribution in [1.29, 1.82) is 0 Å². The van der Waals surface area contributed by atoms with Crippen molar-refractivity contribution in [1.82, 2.24) is 10.6 Å². The summed E-state index contributed by atoms with van der Waals surface area (Å²) >= 11 is 0. The van der Waals surface area contributed by atoms with Crippen molar-refractivity contribution in [2.45, 2.75) is 38.8 Å². The van der Waals surface area contributed by atoms with Gasteiger partial charge in [-0.25, -0.2) is 0 Å². The van der Waals surface area contributed by atoms with Crippen LogP contribution in [-0.4, -0.2) is 29.7 Å². The zero-order valence-electron chi connectivity index (χ0n) is 12.2. The molecule has 0 heterocycles. The minimum Gasteiger partial charge on any atom is -0.394 e. The van der Waals surface area contributed by atoms with Gasteiger partial charge in [-0.15, -0.1) is 0 Å². The van der Waals surface area contributed by atoms with Gasteiger partial charge in [0.2, 0.25) is 5.91 Å². The Morgan fingerprint density at radius 1 is 1.16 bits per heavy atom. The van der Waals surface area contributed by atoms with Crippen molar-refractivity contribution in [3.05, 3.63) is 35.9 Å². The van der Waals surface area contributed by atoms with Crippen LogP contribution in [0.4, 0.5) is 0 Å². The molecule has 1 atom stereocenters. The van der Waals surface area contributed by atoms with E-state index < -0.39 is 5.54 Å². The van der Waals surface area contributed by atoms with Gasteiger partial charge in [0.1, 0.15) is 0 Å². The fraction of sp³-hybridized carbons (Fsp3) is 0.533. The number of nitrogens with one attached hydrogen (secondary N) is 2. The van der Waals surface area contributed by atoms with E-state index in [4.69, 9.17) is 0 Å². The molecule has 1 amide bonds. The maximum Gasteiger partial charge on any atom is 0.234 e. The Labute approximate surface area is 115 Å². The average molecular weight is 264 g/mol. The molecule has 4 heteroatoms. The van der Waals surface area contributed by atoms with Crippen LogP contribution in [-0.2, 0) is 10.3 Å². The quantitative estimate of drug-likeness (QED) is 0.753. The summed E-state index contributed by atoms with van der Waals surface area (Å²) in [6, 6.07) is 9.63. The lowest BCUT2D eigenvalue weighted by Gasteiger charge is -2.30. The van der Waals surface area contributed by atoms with Gasteiger partial charge in [-0.3, -0.25) is 10.1 Å². The van der Waals surface area contributed by atoms with E-state index in [0.29, 0.717) is 0 Å². The number of rotatable bonds is 5. The maximum absolute atomic E-state index is 11.8.